The highest BCUT2D eigenvalue weighted by molar-refractivity contribution is 5.50. The molecule has 0 radical (unpaired) electrons. The molecule has 0 saturated carbocycles. The molecule has 0 aliphatic heterocycles. The van der Waals surface area contributed by atoms with Crippen LogP contribution >= 0.6 is 0 Å². The zero-order valence-electron chi connectivity index (χ0n) is 11.6. The molecule has 0 saturated heterocycles. The van der Waals surface area contributed by atoms with E-state index in [9.17, 15) is 4.79 Å². The van der Waals surface area contributed by atoms with Crippen molar-refractivity contribution in [1.82, 2.24) is 9.97 Å². The highest BCUT2D eigenvalue weighted by Crippen LogP contribution is 2.21. The van der Waals surface area contributed by atoms with Crippen molar-refractivity contribution in [1.29, 1.82) is 0 Å². The van der Waals surface area contributed by atoms with Crippen LogP contribution < -0.4 is 20.9 Å². The smallest absolute Gasteiger partial charge is 0.295 e. The molecule has 0 aliphatic rings. The number of rotatable bonds is 5. The molecule has 0 spiro atoms. The second kappa shape index (κ2) is 6.21. The minimum Gasteiger partial charge on any atom is -0.489 e. The standard InChI is InChI=1S/C14H18N4O2/c1-18(8-11-6-4-3-5-10(11)7-15)13-12(20-2)14(19)17-9-16-13/h3-6,9H,7-8,15H2,1-2H3,(H,16,17,19). The summed E-state index contributed by atoms with van der Waals surface area (Å²) in [7, 11) is 3.31. The van der Waals surface area contributed by atoms with Crippen LogP contribution in [-0.4, -0.2) is 24.1 Å². The fourth-order valence-electron chi connectivity index (χ4n) is 2.07. The molecule has 20 heavy (non-hydrogen) atoms. The SMILES string of the molecule is COc1c(N(C)Cc2ccccc2CN)nc[nH]c1=O. The first-order valence-electron chi connectivity index (χ1n) is 6.27. The Kier molecular flexibility index (Phi) is 4.37. The first-order valence-corrected chi connectivity index (χ1v) is 6.27. The summed E-state index contributed by atoms with van der Waals surface area (Å²) < 4.78 is 5.12. The highest BCUT2D eigenvalue weighted by atomic mass is 16.5. The molecule has 0 amide bonds. The number of nitrogens with one attached hydrogen (secondary N) is 1. The fourth-order valence-corrected chi connectivity index (χ4v) is 2.07. The van der Waals surface area contributed by atoms with Crippen LogP contribution in [-0.2, 0) is 13.1 Å². The van der Waals surface area contributed by atoms with E-state index in [0.717, 1.165) is 11.1 Å². The van der Waals surface area contributed by atoms with Crippen molar-refractivity contribution in [3.63, 3.8) is 0 Å². The number of anilines is 1. The van der Waals surface area contributed by atoms with Crippen LogP contribution in [0.1, 0.15) is 11.1 Å². The van der Waals surface area contributed by atoms with Crippen LogP contribution in [0.15, 0.2) is 35.4 Å². The molecular weight excluding hydrogens is 256 g/mol. The number of nitrogens with two attached hydrogens (primary N) is 1. The Morgan fingerprint density at radius 3 is 2.70 bits per heavy atom. The van der Waals surface area contributed by atoms with Gasteiger partial charge in [0.15, 0.2) is 5.82 Å². The van der Waals surface area contributed by atoms with Crippen LogP contribution in [0.25, 0.3) is 0 Å². The van der Waals surface area contributed by atoms with Crippen molar-refractivity contribution in [2.75, 3.05) is 19.1 Å². The molecule has 1 heterocycles. The molecule has 0 unspecified atom stereocenters. The van der Waals surface area contributed by atoms with Crippen molar-refractivity contribution in [3.05, 3.63) is 52.1 Å². The largest absolute Gasteiger partial charge is 0.489 e. The van der Waals surface area contributed by atoms with Crippen molar-refractivity contribution in [2.45, 2.75) is 13.1 Å². The molecule has 2 aromatic rings. The van der Waals surface area contributed by atoms with Gasteiger partial charge in [0.1, 0.15) is 0 Å². The molecule has 3 N–H and O–H groups in total. The minimum absolute atomic E-state index is 0.209. The second-order valence-corrected chi connectivity index (χ2v) is 4.42. The lowest BCUT2D eigenvalue weighted by atomic mass is 10.1. The molecule has 0 bridgehead atoms. The van der Waals surface area contributed by atoms with E-state index in [1.807, 2.05) is 36.2 Å². The summed E-state index contributed by atoms with van der Waals surface area (Å²) in [5.74, 6) is 0.711. The van der Waals surface area contributed by atoms with Gasteiger partial charge in [-0.1, -0.05) is 24.3 Å². The van der Waals surface area contributed by atoms with E-state index in [1.54, 1.807) is 0 Å². The first-order chi connectivity index (χ1) is 9.67. The Hall–Kier alpha value is -2.34. The van der Waals surface area contributed by atoms with Gasteiger partial charge in [-0.25, -0.2) is 4.98 Å². The Bertz CT molecular complexity index is 639. The number of aromatic nitrogens is 2. The Morgan fingerprint density at radius 2 is 2.05 bits per heavy atom. The van der Waals surface area contributed by atoms with Crippen LogP contribution in [0.2, 0.25) is 0 Å². The normalized spacial score (nSPS) is 10.3. The number of hydrogen-bond donors (Lipinski definition) is 2. The molecule has 1 aromatic heterocycles. The third-order valence-electron chi connectivity index (χ3n) is 3.10. The number of H-pyrrole nitrogens is 1. The van der Waals surface area contributed by atoms with E-state index in [0.29, 0.717) is 18.9 Å². The van der Waals surface area contributed by atoms with Gasteiger partial charge >= 0.3 is 0 Å². The summed E-state index contributed by atoms with van der Waals surface area (Å²) in [5.41, 5.74) is 7.61. The number of benzene rings is 1. The van der Waals surface area contributed by atoms with E-state index in [-0.39, 0.29) is 11.3 Å². The minimum atomic E-state index is -0.295. The summed E-state index contributed by atoms with van der Waals surface area (Å²) in [6.45, 7) is 1.07. The summed E-state index contributed by atoms with van der Waals surface area (Å²) in [5, 5.41) is 0. The molecule has 106 valence electrons. The van der Waals surface area contributed by atoms with Gasteiger partial charge in [0.25, 0.3) is 5.56 Å². The predicted octanol–water partition coefficient (Wildman–Crippen LogP) is 0.874. The Balaban J connectivity index is 2.31. The second-order valence-electron chi connectivity index (χ2n) is 4.42. The molecular formula is C14H18N4O2. The maximum atomic E-state index is 11.7. The Labute approximate surface area is 117 Å². The summed E-state index contributed by atoms with van der Waals surface area (Å²) >= 11 is 0. The molecule has 0 atom stereocenters. The predicted molar refractivity (Wildman–Crippen MR) is 77.9 cm³/mol. The van der Waals surface area contributed by atoms with Crippen LogP contribution in [0.5, 0.6) is 5.75 Å². The summed E-state index contributed by atoms with van der Waals surface area (Å²) in [4.78, 5) is 20.2. The van der Waals surface area contributed by atoms with Crippen LogP contribution in [0, 0.1) is 0 Å². The maximum absolute atomic E-state index is 11.7. The van der Waals surface area contributed by atoms with Gasteiger partial charge in [-0.3, -0.25) is 4.79 Å². The fraction of sp³-hybridized carbons (Fsp3) is 0.286. The third kappa shape index (κ3) is 2.80. The topological polar surface area (TPSA) is 84.2 Å². The van der Waals surface area contributed by atoms with Crippen LogP contribution in [0.3, 0.4) is 0 Å². The lowest BCUT2D eigenvalue weighted by Gasteiger charge is -2.21. The van der Waals surface area contributed by atoms with Crippen molar-refractivity contribution in [2.24, 2.45) is 5.73 Å². The van der Waals surface area contributed by atoms with Gasteiger partial charge < -0.3 is 20.4 Å². The molecule has 1 aromatic carbocycles. The zero-order valence-corrected chi connectivity index (χ0v) is 11.6. The number of aromatic amines is 1. The molecule has 6 nitrogen and oxygen atoms in total. The van der Waals surface area contributed by atoms with E-state index in [1.165, 1.54) is 13.4 Å². The highest BCUT2D eigenvalue weighted by Gasteiger charge is 2.14. The average Bonchev–Trinajstić information content (AvgIpc) is 2.47. The monoisotopic (exact) mass is 274 g/mol. The van der Waals surface area contributed by atoms with Gasteiger partial charge in [0, 0.05) is 20.1 Å². The summed E-state index contributed by atoms with van der Waals surface area (Å²) in [6.07, 6.45) is 1.37. The molecule has 0 fully saturated rings. The Morgan fingerprint density at radius 1 is 1.35 bits per heavy atom. The number of methoxy groups -OCH3 is 1. The van der Waals surface area contributed by atoms with Gasteiger partial charge in [-0.2, -0.15) is 0 Å². The van der Waals surface area contributed by atoms with E-state index >= 15 is 0 Å². The summed E-state index contributed by atoms with van der Waals surface area (Å²) in [6, 6.07) is 7.92. The molecule has 6 heteroatoms. The maximum Gasteiger partial charge on any atom is 0.295 e. The van der Waals surface area contributed by atoms with Crippen LogP contribution in [0.4, 0.5) is 5.82 Å². The zero-order chi connectivity index (χ0) is 14.5. The van der Waals surface area contributed by atoms with Crippen molar-refractivity contribution < 1.29 is 4.74 Å². The quantitative estimate of drug-likeness (QED) is 0.845. The first kappa shape index (κ1) is 14.1. The van der Waals surface area contributed by atoms with E-state index < -0.39 is 0 Å². The lowest BCUT2D eigenvalue weighted by molar-refractivity contribution is 0.406. The number of nitrogens with zero attached hydrogens (tertiary/aromatic N) is 2. The van der Waals surface area contributed by atoms with Gasteiger partial charge in [0.05, 0.1) is 13.4 Å². The number of ether oxygens (including phenoxy) is 1. The number of hydrogen-bond acceptors (Lipinski definition) is 5. The average molecular weight is 274 g/mol. The van der Waals surface area contributed by atoms with Gasteiger partial charge in [-0.05, 0) is 11.1 Å². The van der Waals surface area contributed by atoms with Gasteiger partial charge in [0.2, 0.25) is 5.75 Å². The lowest BCUT2D eigenvalue weighted by Crippen LogP contribution is -2.23. The molecule has 2 rings (SSSR count). The van der Waals surface area contributed by atoms with Crippen molar-refractivity contribution in [3.8, 4) is 5.75 Å². The van der Waals surface area contributed by atoms with Crippen molar-refractivity contribution >= 4 is 5.82 Å². The van der Waals surface area contributed by atoms with Gasteiger partial charge in [-0.15, -0.1) is 0 Å². The molecule has 0 aliphatic carbocycles. The van der Waals surface area contributed by atoms with E-state index in [4.69, 9.17) is 10.5 Å². The van der Waals surface area contributed by atoms with E-state index in [2.05, 4.69) is 9.97 Å². The third-order valence-corrected chi connectivity index (χ3v) is 3.10.